The Morgan fingerprint density at radius 3 is 2.54 bits per heavy atom. The summed E-state index contributed by atoms with van der Waals surface area (Å²) in [5, 5.41) is 1.32. The number of unbranched alkanes of at least 4 members (excludes halogenated alkanes) is 1. The molecule has 0 radical (unpaired) electrons. The molecule has 0 aliphatic carbocycles. The van der Waals surface area contributed by atoms with Crippen LogP contribution in [0.5, 0.6) is 0 Å². The lowest BCUT2D eigenvalue weighted by atomic mass is 9.86. The van der Waals surface area contributed by atoms with Crippen LogP contribution in [0.4, 0.5) is 0 Å². The van der Waals surface area contributed by atoms with Crippen LogP contribution in [0.2, 0.25) is 0 Å². The molecule has 0 bridgehead atoms. The minimum Gasteiger partial charge on any atom is -0.368 e. The predicted molar refractivity (Wildman–Crippen MR) is 98.7 cm³/mol. The molecule has 0 aromatic heterocycles. The molecule has 0 aromatic rings. The zero-order chi connectivity index (χ0) is 17.6. The van der Waals surface area contributed by atoms with E-state index in [1.165, 1.54) is 5.01 Å². The van der Waals surface area contributed by atoms with Crippen molar-refractivity contribution >= 4 is 41.8 Å². The molecule has 1 aliphatic heterocycles. The van der Waals surface area contributed by atoms with Crippen molar-refractivity contribution in [2.45, 2.75) is 62.8 Å². The van der Waals surface area contributed by atoms with Gasteiger partial charge in [-0.2, -0.15) is 11.8 Å². The highest BCUT2D eigenvalue weighted by Gasteiger charge is 2.47. The second-order valence-electron chi connectivity index (χ2n) is 6.04. The summed E-state index contributed by atoms with van der Waals surface area (Å²) in [5.74, 6) is -1.32. The van der Waals surface area contributed by atoms with Gasteiger partial charge in [-0.15, -0.1) is 12.4 Å². The summed E-state index contributed by atoms with van der Waals surface area (Å²) in [5.41, 5.74) is 12.6. The Hall–Kier alpha value is -0.830. The van der Waals surface area contributed by atoms with E-state index in [-0.39, 0.29) is 42.2 Å². The number of halogens is 1. The first-order chi connectivity index (χ1) is 10.8. The van der Waals surface area contributed by atoms with Gasteiger partial charge in [-0.25, -0.2) is 5.43 Å². The fourth-order valence-electron chi connectivity index (χ4n) is 2.62. The minimum atomic E-state index is -1.56. The Labute approximate surface area is 154 Å². The molecule has 1 heterocycles. The molecule has 1 aliphatic rings. The summed E-state index contributed by atoms with van der Waals surface area (Å²) in [6.45, 7) is 4.26. The topological polar surface area (TPSA) is 119 Å². The number of ketones is 1. The average molecular weight is 381 g/mol. The van der Waals surface area contributed by atoms with Gasteiger partial charge in [-0.05, 0) is 25.5 Å². The average Bonchev–Trinajstić information content (AvgIpc) is 2.83. The summed E-state index contributed by atoms with van der Waals surface area (Å²) in [6, 6.07) is -0.600. The smallest absolute Gasteiger partial charge is 0.253 e. The van der Waals surface area contributed by atoms with Crippen molar-refractivity contribution in [3.8, 4) is 0 Å². The van der Waals surface area contributed by atoms with Crippen molar-refractivity contribution in [2.24, 2.45) is 11.5 Å². The van der Waals surface area contributed by atoms with Crippen molar-refractivity contribution in [2.75, 3.05) is 12.8 Å². The van der Waals surface area contributed by atoms with Gasteiger partial charge in [-0.3, -0.25) is 19.4 Å². The Kier molecular flexibility index (Phi) is 9.87. The molecule has 1 fully saturated rings. The predicted octanol–water partition coefficient (Wildman–Crippen LogP) is 0.597. The SMILES string of the molecule is CCCCC(=O)[C@](C[C@@H](C)SC)(NN1CC[C@H](N)C1=O)C(N)=O.Cl. The number of nitrogens with two attached hydrogens (primary N) is 2. The highest BCUT2D eigenvalue weighted by molar-refractivity contribution is 7.99. The maximum Gasteiger partial charge on any atom is 0.253 e. The van der Waals surface area contributed by atoms with E-state index < -0.39 is 17.5 Å². The zero-order valence-corrected chi connectivity index (χ0v) is 16.2. The van der Waals surface area contributed by atoms with Crippen LogP contribution in [0.1, 0.15) is 46.0 Å². The molecule has 0 saturated carbocycles. The normalized spacial score (nSPS) is 21.1. The number of amides is 2. The summed E-state index contributed by atoms with van der Waals surface area (Å²) < 4.78 is 0. The van der Waals surface area contributed by atoms with Crippen molar-refractivity contribution < 1.29 is 14.4 Å². The quantitative estimate of drug-likeness (QED) is 0.477. The summed E-state index contributed by atoms with van der Waals surface area (Å²) >= 11 is 1.54. The van der Waals surface area contributed by atoms with Crippen LogP contribution in [-0.2, 0) is 14.4 Å². The number of hydrogen-bond acceptors (Lipinski definition) is 6. The summed E-state index contributed by atoms with van der Waals surface area (Å²) in [4.78, 5) is 37.0. The van der Waals surface area contributed by atoms with Crippen molar-refractivity contribution in [1.29, 1.82) is 0 Å². The van der Waals surface area contributed by atoms with E-state index in [1.807, 2.05) is 20.1 Å². The number of hydrogen-bond donors (Lipinski definition) is 3. The van der Waals surface area contributed by atoms with E-state index in [0.29, 0.717) is 19.4 Å². The largest absolute Gasteiger partial charge is 0.368 e. The van der Waals surface area contributed by atoms with Crippen LogP contribution in [0.15, 0.2) is 0 Å². The van der Waals surface area contributed by atoms with Gasteiger partial charge < -0.3 is 11.5 Å². The van der Waals surface area contributed by atoms with Gasteiger partial charge in [0.15, 0.2) is 11.3 Å². The number of rotatable bonds is 10. The van der Waals surface area contributed by atoms with Gasteiger partial charge in [0.05, 0.1) is 6.04 Å². The molecule has 3 atom stereocenters. The van der Waals surface area contributed by atoms with Crippen LogP contribution >= 0.6 is 24.2 Å². The number of hydrazine groups is 1. The van der Waals surface area contributed by atoms with Crippen LogP contribution in [0.3, 0.4) is 0 Å². The molecule has 2 amide bonds. The third-order valence-electron chi connectivity index (χ3n) is 4.22. The third kappa shape index (κ3) is 5.34. The Morgan fingerprint density at radius 1 is 1.50 bits per heavy atom. The standard InChI is InChI=1S/C15H28N4O3S.ClH/c1-4-5-6-12(20)15(14(17)22,9-10(2)23-3)18-19-8-7-11(16)13(19)21;/h10-11,18H,4-9,16H2,1-3H3,(H2,17,22);1H/t10-,11+,15+;/m1./s1. The van der Waals surface area contributed by atoms with Crippen molar-refractivity contribution in [3.63, 3.8) is 0 Å². The lowest BCUT2D eigenvalue weighted by molar-refractivity contribution is -0.143. The number of nitrogens with zero attached hydrogens (tertiary/aromatic N) is 1. The van der Waals surface area contributed by atoms with E-state index in [2.05, 4.69) is 5.43 Å². The fourth-order valence-corrected chi connectivity index (χ4v) is 3.04. The maximum absolute atomic E-state index is 12.8. The van der Waals surface area contributed by atoms with E-state index in [0.717, 1.165) is 6.42 Å². The summed E-state index contributed by atoms with van der Waals surface area (Å²) in [7, 11) is 0. The molecular weight excluding hydrogens is 352 g/mol. The van der Waals surface area contributed by atoms with Gasteiger partial charge in [0, 0.05) is 18.2 Å². The monoisotopic (exact) mass is 380 g/mol. The molecule has 9 heteroatoms. The number of Topliss-reactive ketones (excluding diaryl/α,β-unsaturated/α-hetero) is 1. The zero-order valence-electron chi connectivity index (χ0n) is 14.5. The maximum atomic E-state index is 12.8. The Bertz CT molecular complexity index is 466. The lowest BCUT2D eigenvalue weighted by Gasteiger charge is -2.36. The minimum absolute atomic E-state index is 0. The number of primary amides is 1. The highest BCUT2D eigenvalue weighted by atomic mass is 35.5. The fraction of sp³-hybridized carbons (Fsp3) is 0.800. The third-order valence-corrected chi connectivity index (χ3v) is 5.19. The molecule has 0 spiro atoms. The first-order valence-corrected chi connectivity index (χ1v) is 9.28. The lowest BCUT2D eigenvalue weighted by Crippen LogP contribution is -2.67. The van der Waals surface area contributed by atoms with Gasteiger partial charge in [-0.1, -0.05) is 20.3 Å². The van der Waals surface area contributed by atoms with Gasteiger partial charge >= 0.3 is 0 Å². The highest BCUT2D eigenvalue weighted by Crippen LogP contribution is 2.25. The second kappa shape index (κ2) is 10.2. The van der Waals surface area contributed by atoms with E-state index in [1.54, 1.807) is 11.8 Å². The first-order valence-electron chi connectivity index (χ1n) is 7.99. The molecule has 0 aromatic carbocycles. The molecule has 0 unspecified atom stereocenters. The molecule has 1 rings (SSSR count). The summed E-state index contributed by atoms with van der Waals surface area (Å²) in [6.07, 6.45) is 4.40. The number of nitrogens with one attached hydrogen (secondary N) is 1. The van der Waals surface area contributed by atoms with Gasteiger partial charge in [0.2, 0.25) is 5.91 Å². The van der Waals surface area contributed by atoms with Gasteiger partial charge in [0.25, 0.3) is 5.91 Å². The van der Waals surface area contributed by atoms with Crippen molar-refractivity contribution in [1.82, 2.24) is 10.4 Å². The molecule has 5 N–H and O–H groups in total. The number of thioether (sulfide) groups is 1. The van der Waals surface area contributed by atoms with Crippen LogP contribution in [0, 0.1) is 0 Å². The van der Waals surface area contributed by atoms with E-state index >= 15 is 0 Å². The van der Waals surface area contributed by atoms with Crippen LogP contribution in [0.25, 0.3) is 0 Å². The number of carbonyl (C=O) groups excluding carboxylic acids is 3. The molecule has 24 heavy (non-hydrogen) atoms. The van der Waals surface area contributed by atoms with E-state index in [4.69, 9.17) is 11.5 Å². The molecule has 1 saturated heterocycles. The molecule has 140 valence electrons. The molecule has 7 nitrogen and oxygen atoms in total. The Balaban J connectivity index is 0.00000529. The Morgan fingerprint density at radius 2 is 2.12 bits per heavy atom. The molecular formula is C15H29ClN4O3S. The van der Waals surface area contributed by atoms with Crippen LogP contribution < -0.4 is 16.9 Å². The number of carbonyl (C=O) groups is 3. The first kappa shape index (κ1) is 23.2. The second-order valence-corrected chi connectivity index (χ2v) is 7.32. The van der Waals surface area contributed by atoms with Gasteiger partial charge in [0.1, 0.15) is 0 Å². The van der Waals surface area contributed by atoms with E-state index in [9.17, 15) is 14.4 Å². The van der Waals surface area contributed by atoms with Crippen LogP contribution in [-0.4, -0.2) is 52.2 Å². The van der Waals surface area contributed by atoms with Crippen molar-refractivity contribution in [3.05, 3.63) is 0 Å².